The molecule has 1 aliphatic heterocycles. The Balaban J connectivity index is 1.31. The van der Waals surface area contributed by atoms with Gasteiger partial charge in [-0.3, -0.25) is 15.0 Å². The standard InChI is InChI=1S/C21H25N5O5/c1-2-30-15-8-6-14(7-9-15)18-22-17(31-25-18)11-10-16(27)24-26-19(28)21(23-20(26)29)12-4-3-5-13-21/h6-9H,2-5,10-13H2,1H3,(H,23,29)(H,24,27). The number of hydrogen-bond donors (Lipinski definition) is 2. The number of aromatic nitrogens is 2. The average molecular weight is 427 g/mol. The van der Waals surface area contributed by atoms with Gasteiger partial charge in [-0.05, 0) is 44.0 Å². The molecule has 4 rings (SSSR count). The number of carbonyl (C=O) groups is 3. The molecule has 31 heavy (non-hydrogen) atoms. The smallest absolute Gasteiger partial charge is 0.344 e. The zero-order chi connectivity index (χ0) is 21.8. The summed E-state index contributed by atoms with van der Waals surface area (Å²) in [5, 5.41) is 7.49. The van der Waals surface area contributed by atoms with Crippen molar-refractivity contribution in [1.82, 2.24) is 25.9 Å². The number of rotatable bonds is 7. The van der Waals surface area contributed by atoms with Gasteiger partial charge in [0.1, 0.15) is 11.3 Å². The summed E-state index contributed by atoms with van der Waals surface area (Å²) >= 11 is 0. The minimum Gasteiger partial charge on any atom is -0.494 e. The topological polar surface area (TPSA) is 127 Å². The maximum absolute atomic E-state index is 12.7. The van der Waals surface area contributed by atoms with E-state index in [-0.39, 0.29) is 18.7 Å². The first kappa shape index (κ1) is 20.8. The molecular formula is C21H25N5O5. The minimum atomic E-state index is -0.873. The summed E-state index contributed by atoms with van der Waals surface area (Å²) in [6.45, 7) is 2.50. The van der Waals surface area contributed by atoms with Crippen molar-refractivity contribution in [3.05, 3.63) is 30.2 Å². The zero-order valence-corrected chi connectivity index (χ0v) is 17.3. The fraction of sp³-hybridized carbons (Fsp3) is 0.476. The molecule has 1 aromatic heterocycles. The molecule has 164 valence electrons. The maximum Gasteiger partial charge on any atom is 0.344 e. The van der Waals surface area contributed by atoms with E-state index in [4.69, 9.17) is 9.26 Å². The third kappa shape index (κ3) is 4.37. The van der Waals surface area contributed by atoms with E-state index in [0.717, 1.165) is 35.6 Å². The van der Waals surface area contributed by atoms with Crippen LogP contribution in [0.4, 0.5) is 4.79 Å². The van der Waals surface area contributed by atoms with Crippen molar-refractivity contribution < 1.29 is 23.6 Å². The molecule has 0 atom stereocenters. The van der Waals surface area contributed by atoms with Crippen LogP contribution in [0.15, 0.2) is 28.8 Å². The van der Waals surface area contributed by atoms with E-state index in [1.54, 1.807) is 0 Å². The Morgan fingerprint density at radius 2 is 1.97 bits per heavy atom. The molecule has 10 nitrogen and oxygen atoms in total. The fourth-order valence-corrected chi connectivity index (χ4v) is 3.96. The van der Waals surface area contributed by atoms with Gasteiger partial charge in [0.15, 0.2) is 0 Å². The predicted octanol–water partition coefficient (Wildman–Crippen LogP) is 2.35. The average Bonchev–Trinajstić information content (AvgIpc) is 3.33. The van der Waals surface area contributed by atoms with Gasteiger partial charge in [0.2, 0.25) is 17.6 Å². The third-order valence-electron chi connectivity index (χ3n) is 5.56. The second-order valence-electron chi connectivity index (χ2n) is 7.72. The Hall–Kier alpha value is -3.43. The Morgan fingerprint density at radius 1 is 1.23 bits per heavy atom. The molecule has 2 N–H and O–H groups in total. The summed E-state index contributed by atoms with van der Waals surface area (Å²) < 4.78 is 10.6. The first-order valence-electron chi connectivity index (χ1n) is 10.5. The maximum atomic E-state index is 12.7. The van der Waals surface area contributed by atoms with E-state index >= 15 is 0 Å². The molecule has 4 amide bonds. The van der Waals surface area contributed by atoms with Crippen LogP contribution in [0.1, 0.15) is 51.3 Å². The van der Waals surface area contributed by atoms with Crippen LogP contribution in [-0.2, 0) is 16.0 Å². The van der Waals surface area contributed by atoms with Gasteiger partial charge in [-0.25, -0.2) is 4.79 Å². The number of ether oxygens (including phenoxy) is 1. The van der Waals surface area contributed by atoms with E-state index < -0.39 is 17.5 Å². The first-order valence-corrected chi connectivity index (χ1v) is 10.5. The number of hydrazine groups is 1. The Morgan fingerprint density at radius 3 is 2.68 bits per heavy atom. The summed E-state index contributed by atoms with van der Waals surface area (Å²) in [6.07, 6.45) is 4.17. The summed E-state index contributed by atoms with van der Waals surface area (Å²) in [6, 6.07) is 6.70. The highest BCUT2D eigenvalue weighted by molar-refractivity contribution is 6.08. The molecule has 1 spiro atoms. The van der Waals surface area contributed by atoms with Crippen LogP contribution in [0, 0.1) is 0 Å². The number of nitrogens with one attached hydrogen (secondary N) is 2. The van der Waals surface area contributed by atoms with E-state index in [2.05, 4.69) is 20.9 Å². The first-order chi connectivity index (χ1) is 15.0. The number of aryl methyl sites for hydroxylation is 1. The molecular weight excluding hydrogens is 402 g/mol. The summed E-state index contributed by atoms with van der Waals surface area (Å²) in [7, 11) is 0. The highest BCUT2D eigenvalue weighted by Crippen LogP contribution is 2.33. The molecule has 1 saturated carbocycles. The highest BCUT2D eigenvalue weighted by atomic mass is 16.5. The number of urea groups is 1. The SMILES string of the molecule is CCOc1ccc(-c2noc(CCC(=O)NN3C(=O)NC4(CCCCC4)C3=O)n2)cc1. The van der Waals surface area contributed by atoms with Crippen molar-refractivity contribution in [3.63, 3.8) is 0 Å². The minimum absolute atomic E-state index is 0.00499. The lowest BCUT2D eigenvalue weighted by Crippen LogP contribution is -2.51. The number of amides is 4. The van der Waals surface area contributed by atoms with Crippen LogP contribution >= 0.6 is 0 Å². The van der Waals surface area contributed by atoms with Crippen LogP contribution in [0.2, 0.25) is 0 Å². The molecule has 2 fully saturated rings. The number of nitrogens with zero attached hydrogens (tertiary/aromatic N) is 3. The molecule has 0 radical (unpaired) electrons. The fourth-order valence-electron chi connectivity index (χ4n) is 3.96. The monoisotopic (exact) mass is 427 g/mol. The number of hydrogen-bond acceptors (Lipinski definition) is 7. The lowest BCUT2D eigenvalue weighted by Gasteiger charge is -2.30. The van der Waals surface area contributed by atoms with E-state index in [0.29, 0.717) is 31.2 Å². The zero-order valence-electron chi connectivity index (χ0n) is 17.3. The normalized spacial score (nSPS) is 17.6. The lowest BCUT2D eigenvalue weighted by atomic mass is 9.82. The van der Waals surface area contributed by atoms with Crippen molar-refractivity contribution in [2.75, 3.05) is 6.61 Å². The van der Waals surface area contributed by atoms with E-state index in [1.165, 1.54) is 0 Å². The lowest BCUT2D eigenvalue weighted by molar-refractivity contribution is -0.139. The van der Waals surface area contributed by atoms with Crippen LogP contribution in [-0.4, -0.2) is 45.1 Å². The van der Waals surface area contributed by atoms with Gasteiger partial charge in [-0.2, -0.15) is 9.99 Å². The Kier molecular flexibility index (Phi) is 5.88. The summed E-state index contributed by atoms with van der Waals surface area (Å²) in [5.41, 5.74) is 2.30. The number of carbonyl (C=O) groups excluding carboxylic acids is 3. The largest absolute Gasteiger partial charge is 0.494 e. The van der Waals surface area contributed by atoms with Crippen LogP contribution in [0.3, 0.4) is 0 Å². The van der Waals surface area contributed by atoms with Crippen molar-refractivity contribution in [3.8, 4) is 17.1 Å². The summed E-state index contributed by atoms with van der Waals surface area (Å²) in [5.74, 6) is 0.590. The molecule has 10 heteroatoms. The van der Waals surface area contributed by atoms with E-state index in [9.17, 15) is 14.4 Å². The second kappa shape index (κ2) is 8.75. The third-order valence-corrected chi connectivity index (χ3v) is 5.56. The van der Waals surface area contributed by atoms with Gasteiger partial charge in [0, 0.05) is 18.4 Å². The van der Waals surface area contributed by atoms with Gasteiger partial charge < -0.3 is 14.6 Å². The quantitative estimate of drug-likeness (QED) is 0.650. The van der Waals surface area contributed by atoms with Crippen LogP contribution in [0.25, 0.3) is 11.4 Å². The number of imide groups is 1. The second-order valence-corrected chi connectivity index (χ2v) is 7.72. The Labute approximate surface area is 179 Å². The van der Waals surface area contributed by atoms with Crippen molar-refractivity contribution >= 4 is 17.8 Å². The van der Waals surface area contributed by atoms with Crippen LogP contribution in [0.5, 0.6) is 5.75 Å². The van der Waals surface area contributed by atoms with E-state index in [1.807, 2.05) is 31.2 Å². The van der Waals surface area contributed by atoms with Crippen molar-refractivity contribution in [2.24, 2.45) is 0 Å². The van der Waals surface area contributed by atoms with Gasteiger partial charge in [-0.1, -0.05) is 24.4 Å². The highest BCUT2D eigenvalue weighted by Gasteiger charge is 2.52. The molecule has 2 heterocycles. The Bertz CT molecular complexity index is 965. The molecule has 2 aliphatic rings. The summed E-state index contributed by atoms with van der Waals surface area (Å²) in [4.78, 5) is 41.5. The molecule has 0 bridgehead atoms. The van der Waals surface area contributed by atoms with Gasteiger partial charge in [-0.15, -0.1) is 0 Å². The van der Waals surface area contributed by atoms with Crippen LogP contribution < -0.4 is 15.5 Å². The molecule has 1 aromatic carbocycles. The van der Waals surface area contributed by atoms with Gasteiger partial charge in [0.05, 0.1) is 6.61 Å². The molecule has 0 unspecified atom stereocenters. The van der Waals surface area contributed by atoms with Gasteiger partial charge in [0.25, 0.3) is 5.91 Å². The van der Waals surface area contributed by atoms with Crippen molar-refractivity contribution in [1.29, 1.82) is 0 Å². The predicted molar refractivity (Wildman–Crippen MR) is 109 cm³/mol. The molecule has 1 aliphatic carbocycles. The van der Waals surface area contributed by atoms with Crippen molar-refractivity contribution in [2.45, 2.75) is 57.4 Å². The van der Waals surface area contributed by atoms with Gasteiger partial charge >= 0.3 is 6.03 Å². The molecule has 2 aromatic rings. The molecule has 1 saturated heterocycles. The number of benzene rings is 1.